The van der Waals surface area contributed by atoms with Crippen molar-refractivity contribution in [1.82, 2.24) is 10.3 Å². The van der Waals surface area contributed by atoms with E-state index in [-0.39, 0.29) is 5.41 Å². The smallest absolute Gasteiger partial charge is 0.234 e. The van der Waals surface area contributed by atoms with Crippen molar-refractivity contribution in [2.24, 2.45) is 5.41 Å². The fourth-order valence-corrected chi connectivity index (χ4v) is 3.16. The number of anilines is 1. The molecule has 0 saturated carbocycles. The third kappa shape index (κ3) is 1.76. The minimum atomic E-state index is -0.0887. The van der Waals surface area contributed by atoms with E-state index in [0.29, 0.717) is 5.91 Å². The number of amides is 1. The van der Waals surface area contributed by atoms with Gasteiger partial charge in [-0.05, 0) is 50.9 Å². The second-order valence-electron chi connectivity index (χ2n) is 5.15. The first-order valence-electron chi connectivity index (χ1n) is 6.48. The van der Waals surface area contributed by atoms with Crippen molar-refractivity contribution < 1.29 is 4.79 Å². The van der Waals surface area contributed by atoms with Gasteiger partial charge in [-0.3, -0.25) is 9.69 Å². The molecule has 2 saturated heterocycles. The molecule has 2 fully saturated rings. The Balaban J connectivity index is 1.86. The van der Waals surface area contributed by atoms with Crippen LogP contribution in [0.4, 0.5) is 5.82 Å². The van der Waals surface area contributed by atoms with Gasteiger partial charge in [0.15, 0.2) is 0 Å². The second-order valence-corrected chi connectivity index (χ2v) is 5.15. The van der Waals surface area contributed by atoms with E-state index in [9.17, 15) is 4.79 Å². The summed E-state index contributed by atoms with van der Waals surface area (Å²) in [4.78, 5) is 17.8. The van der Waals surface area contributed by atoms with Crippen LogP contribution in [-0.2, 0) is 4.79 Å². The van der Waals surface area contributed by atoms with Crippen molar-refractivity contribution in [3.8, 4) is 0 Å². The number of hydrogen-bond donors (Lipinski definition) is 2. The van der Waals surface area contributed by atoms with Crippen molar-refractivity contribution in [3.63, 3.8) is 0 Å². The lowest BCUT2D eigenvalue weighted by molar-refractivity contribution is -0.132. The maximum absolute atomic E-state index is 12.7. The lowest BCUT2D eigenvalue weighted by Gasteiger charge is -2.43. The number of H-pyrrole nitrogens is 1. The molecule has 3 heterocycles. The minimum Gasteiger partial charge on any atom is -0.348 e. The second kappa shape index (κ2) is 4.18. The molecule has 0 aromatic carbocycles. The fourth-order valence-electron chi connectivity index (χ4n) is 3.16. The third-order valence-corrected chi connectivity index (χ3v) is 4.17. The number of nitrogens with one attached hydrogen (secondary N) is 2. The molecule has 2 aliphatic heterocycles. The summed E-state index contributed by atoms with van der Waals surface area (Å²) < 4.78 is 0. The quantitative estimate of drug-likeness (QED) is 0.772. The van der Waals surface area contributed by atoms with E-state index in [1.165, 1.54) is 0 Å². The number of rotatable bonds is 1. The topological polar surface area (TPSA) is 48.1 Å². The average Bonchev–Trinajstić information content (AvgIpc) is 2.88. The van der Waals surface area contributed by atoms with Crippen LogP contribution < -0.4 is 10.2 Å². The molecule has 92 valence electrons. The maximum atomic E-state index is 12.7. The van der Waals surface area contributed by atoms with E-state index in [4.69, 9.17) is 0 Å². The van der Waals surface area contributed by atoms with Crippen molar-refractivity contribution >= 4 is 11.7 Å². The summed E-state index contributed by atoms with van der Waals surface area (Å²) in [6.45, 7) is 2.81. The van der Waals surface area contributed by atoms with Crippen LogP contribution in [-0.4, -0.2) is 30.5 Å². The molecule has 1 spiro atoms. The number of carbonyl (C=O) groups excluding carboxylic acids is 1. The molecule has 0 atom stereocenters. The van der Waals surface area contributed by atoms with E-state index in [0.717, 1.165) is 51.1 Å². The molecule has 4 nitrogen and oxygen atoms in total. The molecule has 1 aromatic rings. The highest BCUT2D eigenvalue weighted by Crippen LogP contribution is 2.40. The molecule has 2 aliphatic rings. The molecule has 0 unspecified atom stereocenters. The van der Waals surface area contributed by atoms with Crippen LogP contribution in [0.3, 0.4) is 0 Å². The molecule has 17 heavy (non-hydrogen) atoms. The predicted octanol–water partition coefficient (Wildman–Crippen LogP) is 1.51. The number of piperidine rings is 2. The average molecular weight is 233 g/mol. The van der Waals surface area contributed by atoms with Gasteiger partial charge in [0.05, 0.1) is 5.41 Å². The van der Waals surface area contributed by atoms with Crippen LogP contribution in [0.1, 0.15) is 25.7 Å². The van der Waals surface area contributed by atoms with Gasteiger partial charge in [-0.25, -0.2) is 0 Å². The lowest BCUT2D eigenvalue weighted by atomic mass is 9.72. The Morgan fingerprint density at radius 2 is 2.06 bits per heavy atom. The third-order valence-electron chi connectivity index (χ3n) is 4.17. The maximum Gasteiger partial charge on any atom is 0.234 e. The molecule has 1 aromatic heterocycles. The predicted molar refractivity (Wildman–Crippen MR) is 66.9 cm³/mol. The van der Waals surface area contributed by atoms with Gasteiger partial charge in [0.2, 0.25) is 5.91 Å². The minimum absolute atomic E-state index is 0.0887. The Morgan fingerprint density at radius 3 is 2.76 bits per heavy atom. The summed E-state index contributed by atoms with van der Waals surface area (Å²) in [5.41, 5.74) is -0.0887. The first-order chi connectivity index (χ1) is 8.32. The first-order valence-corrected chi connectivity index (χ1v) is 6.48. The van der Waals surface area contributed by atoms with Crippen LogP contribution in [0.5, 0.6) is 0 Å². The molecule has 3 rings (SSSR count). The van der Waals surface area contributed by atoms with Crippen molar-refractivity contribution in [3.05, 3.63) is 18.3 Å². The number of aromatic nitrogens is 1. The SMILES string of the molecule is O=C1N(c2ccc[nH]2)CCCC12CCNCC2. The van der Waals surface area contributed by atoms with Gasteiger partial charge in [0.25, 0.3) is 0 Å². The summed E-state index contributed by atoms with van der Waals surface area (Å²) >= 11 is 0. The van der Waals surface area contributed by atoms with Gasteiger partial charge < -0.3 is 10.3 Å². The van der Waals surface area contributed by atoms with Gasteiger partial charge >= 0.3 is 0 Å². The standard InChI is InChI=1S/C13H19N3O/c17-12-13(5-8-14-9-6-13)4-2-10-16(12)11-3-1-7-15-11/h1,3,7,14-15H,2,4-6,8-10H2. The Hall–Kier alpha value is -1.29. The van der Waals surface area contributed by atoms with E-state index in [1.54, 1.807) is 0 Å². The molecular weight excluding hydrogens is 214 g/mol. The largest absolute Gasteiger partial charge is 0.348 e. The first kappa shape index (κ1) is 10.8. The van der Waals surface area contributed by atoms with Crippen LogP contribution in [0.25, 0.3) is 0 Å². The van der Waals surface area contributed by atoms with Crippen molar-refractivity contribution in [1.29, 1.82) is 0 Å². The van der Waals surface area contributed by atoms with Gasteiger partial charge in [0.1, 0.15) is 5.82 Å². The van der Waals surface area contributed by atoms with Gasteiger partial charge in [-0.2, -0.15) is 0 Å². The Morgan fingerprint density at radius 1 is 1.24 bits per heavy atom. The van der Waals surface area contributed by atoms with Crippen molar-refractivity contribution in [2.45, 2.75) is 25.7 Å². The van der Waals surface area contributed by atoms with E-state index >= 15 is 0 Å². The molecule has 1 amide bonds. The zero-order valence-electron chi connectivity index (χ0n) is 10.0. The van der Waals surface area contributed by atoms with Crippen LogP contribution >= 0.6 is 0 Å². The Labute approximate surface area is 101 Å². The summed E-state index contributed by atoms with van der Waals surface area (Å²) in [7, 11) is 0. The number of carbonyl (C=O) groups is 1. The van der Waals surface area contributed by atoms with E-state index < -0.39 is 0 Å². The molecular formula is C13H19N3O. The highest BCUT2D eigenvalue weighted by atomic mass is 16.2. The number of hydrogen-bond acceptors (Lipinski definition) is 2. The van der Waals surface area contributed by atoms with E-state index in [1.807, 2.05) is 23.2 Å². The van der Waals surface area contributed by atoms with Crippen LogP contribution in [0.2, 0.25) is 0 Å². The fraction of sp³-hybridized carbons (Fsp3) is 0.615. The highest BCUT2D eigenvalue weighted by Gasteiger charge is 2.44. The summed E-state index contributed by atoms with van der Waals surface area (Å²) in [6.07, 6.45) is 6.04. The van der Waals surface area contributed by atoms with Crippen molar-refractivity contribution in [2.75, 3.05) is 24.5 Å². The molecule has 0 radical (unpaired) electrons. The van der Waals surface area contributed by atoms with Crippen LogP contribution in [0, 0.1) is 5.41 Å². The lowest BCUT2D eigenvalue weighted by Crippen LogP contribution is -2.53. The normalized spacial score (nSPS) is 24.2. The monoisotopic (exact) mass is 233 g/mol. The molecule has 0 aliphatic carbocycles. The van der Waals surface area contributed by atoms with E-state index in [2.05, 4.69) is 10.3 Å². The summed E-state index contributed by atoms with van der Waals surface area (Å²) in [5, 5.41) is 3.35. The number of aromatic amines is 1. The van der Waals surface area contributed by atoms with Crippen LogP contribution in [0.15, 0.2) is 18.3 Å². The number of nitrogens with zero attached hydrogens (tertiary/aromatic N) is 1. The van der Waals surface area contributed by atoms with Gasteiger partial charge in [-0.15, -0.1) is 0 Å². The highest BCUT2D eigenvalue weighted by molar-refractivity contribution is 5.97. The Kier molecular flexibility index (Phi) is 2.67. The zero-order valence-corrected chi connectivity index (χ0v) is 10.0. The summed E-state index contributed by atoms with van der Waals surface area (Å²) in [6, 6.07) is 3.93. The molecule has 4 heteroatoms. The molecule has 0 bridgehead atoms. The van der Waals surface area contributed by atoms with Gasteiger partial charge in [-0.1, -0.05) is 0 Å². The Bertz CT molecular complexity index is 387. The summed E-state index contributed by atoms with van der Waals surface area (Å²) in [5.74, 6) is 1.28. The molecule has 2 N–H and O–H groups in total. The zero-order chi connectivity index (χ0) is 11.7. The van der Waals surface area contributed by atoms with Gasteiger partial charge in [0, 0.05) is 12.7 Å².